The van der Waals surface area contributed by atoms with E-state index in [1.165, 1.54) is 4.88 Å². The number of anilines is 1. The molecule has 1 aromatic heterocycles. The molecule has 0 saturated carbocycles. The normalized spacial score (nSPS) is 20.5. The quantitative estimate of drug-likeness (QED) is 0.710. The number of nitrogens with one attached hydrogen (secondary N) is 1. The third-order valence-corrected chi connectivity index (χ3v) is 7.16. The fraction of sp³-hybridized carbons (Fsp3) is 0.522. The van der Waals surface area contributed by atoms with E-state index in [0.29, 0.717) is 42.1 Å². The fourth-order valence-corrected chi connectivity index (χ4v) is 5.44. The van der Waals surface area contributed by atoms with Crippen molar-refractivity contribution < 1.29 is 19.1 Å². The number of benzene rings is 1. The smallest absolute Gasteiger partial charge is 0.231 e. The van der Waals surface area contributed by atoms with Crippen LogP contribution in [0.15, 0.2) is 18.2 Å². The zero-order valence-corrected chi connectivity index (χ0v) is 19.1. The highest BCUT2D eigenvalue weighted by Gasteiger charge is 2.34. The van der Waals surface area contributed by atoms with Crippen LogP contribution in [-0.2, 0) is 28.9 Å². The van der Waals surface area contributed by atoms with E-state index >= 15 is 0 Å². The molecular weight excluding hydrogens is 414 g/mol. The van der Waals surface area contributed by atoms with Gasteiger partial charge in [0.25, 0.3) is 0 Å². The number of rotatable bonds is 7. The second-order valence-corrected chi connectivity index (χ2v) is 9.49. The van der Waals surface area contributed by atoms with Crippen LogP contribution in [0.3, 0.4) is 0 Å². The van der Waals surface area contributed by atoms with Crippen molar-refractivity contribution in [2.45, 2.75) is 39.0 Å². The molecule has 1 aromatic carbocycles. The highest BCUT2D eigenvalue weighted by molar-refractivity contribution is 7.15. The average Bonchev–Trinajstić information content (AvgIpc) is 3.34. The van der Waals surface area contributed by atoms with Gasteiger partial charge in [-0.3, -0.25) is 9.59 Å². The summed E-state index contributed by atoms with van der Waals surface area (Å²) in [7, 11) is 3.21. The van der Waals surface area contributed by atoms with E-state index in [9.17, 15) is 9.59 Å². The lowest BCUT2D eigenvalue weighted by molar-refractivity contribution is -0.128. The van der Waals surface area contributed by atoms with E-state index < -0.39 is 0 Å². The Morgan fingerprint density at radius 1 is 1.26 bits per heavy atom. The molecule has 2 aromatic rings. The molecule has 31 heavy (non-hydrogen) atoms. The third-order valence-electron chi connectivity index (χ3n) is 6.12. The summed E-state index contributed by atoms with van der Waals surface area (Å²) in [5.41, 5.74) is 2.18. The maximum absolute atomic E-state index is 12.8. The molecule has 0 unspecified atom stereocenters. The van der Waals surface area contributed by atoms with Crippen LogP contribution >= 0.6 is 11.3 Å². The maximum Gasteiger partial charge on any atom is 0.231 e. The first-order valence-electron chi connectivity index (χ1n) is 10.7. The van der Waals surface area contributed by atoms with Crippen LogP contribution in [0.2, 0.25) is 0 Å². The minimum Gasteiger partial charge on any atom is -0.493 e. The fourth-order valence-electron chi connectivity index (χ4n) is 4.26. The molecule has 166 valence electrons. The van der Waals surface area contributed by atoms with Crippen LogP contribution in [-0.4, -0.2) is 49.0 Å². The summed E-state index contributed by atoms with van der Waals surface area (Å²) in [5, 5.41) is 3.62. The monoisotopic (exact) mass is 443 g/mol. The summed E-state index contributed by atoms with van der Waals surface area (Å²) in [4.78, 5) is 32.9. The van der Waals surface area contributed by atoms with Crippen LogP contribution < -0.4 is 14.8 Å². The molecule has 1 N–H and O–H groups in total. The van der Waals surface area contributed by atoms with E-state index in [0.717, 1.165) is 30.5 Å². The number of aryl methyl sites for hydroxylation is 1. The van der Waals surface area contributed by atoms with Crippen LogP contribution in [0.4, 0.5) is 5.13 Å². The number of carbonyl (C=O) groups excluding carboxylic acids is 2. The molecule has 1 fully saturated rings. The van der Waals surface area contributed by atoms with Gasteiger partial charge in [0.1, 0.15) is 0 Å². The second kappa shape index (κ2) is 9.26. The van der Waals surface area contributed by atoms with Crippen LogP contribution in [0, 0.1) is 11.8 Å². The van der Waals surface area contributed by atoms with E-state index in [-0.39, 0.29) is 24.2 Å². The van der Waals surface area contributed by atoms with Gasteiger partial charge in [0.15, 0.2) is 16.6 Å². The van der Waals surface area contributed by atoms with Crippen molar-refractivity contribution in [1.29, 1.82) is 0 Å². The molecule has 1 saturated heterocycles. The molecule has 0 radical (unpaired) electrons. The summed E-state index contributed by atoms with van der Waals surface area (Å²) < 4.78 is 10.6. The van der Waals surface area contributed by atoms with Crippen LogP contribution in [0.1, 0.15) is 35.9 Å². The standard InChI is InChI=1S/C23H29N3O4S/c1-14-4-6-17-20(10-14)31-23(24-17)25-22(28)16-12-21(27)26(13-16)9-8-15-5-7-18(29-2)19(11-15)30-3/h5,7,11,14,16H,4,6,8-10,12-13H2,1-3H3,(H,24,25,28)/t14-,16-/m0/s1. The van der Waals surface area contributed by atoms with Gasteiger partial charge in [-0.1, -0.05) is 13.0 Å². The molecule has 0 bridgehead atoms. The lowest BCUT2D eigenvalue weighted by Gasteiger charge is -2.17. The van der Waals surface area contributed by atoms with Crippen molar-refractivity contribution in [3.8, 4) is 11.5 Å². The van der Waals surface area contributed by atoms with Gasteiger partial charge in [-0.25, -0.2) is 4.98 Å². The Balaban J connectivity index is 1.32. The molecule has 8 heteroatoms. The summed E-state index contributed by atoms with van der Waals surface area (Å²) in [6.07, 6.45) is 4.11. The SMILES string of the molecule is COc1ccc(CCN2C[C@@H](C(=O)Nc3nc4c(s3)C[C@@H](C)CC4)CC2=O)cc1OC. The molecule has 2 amide bonds. The van der Waals surface area contributed by atoms with Crippen molar-refractivity contribution in [3.05, 3.63) is 34.3 Å². The lowest BCUT2D eigenvalue weighted by atomic mass is 9.93. The van der Waals surface area contributed by atoms with Gasteiger partial charge in [0.2, 0.25) is 11.8 Å². The number of ether oxygens (including phenoxy) is 2. The van der Waals surface area contributed by atoms with Crippen LogP contribution in [0.5, 0.6) is 11.5 Å². The molecule has 4 rings (SSSR count). The number of carbonyl (C=O) groups is 2. The largest absolute Gasteiger partial charge is 0.493 e. The Labute approximate surface area is 186 Å². The summed E-state index contributed by atoms with van der Waals surface area (Å²) in [6.45, 7) is 3.27. The number of nitrogens with zero attached hydrogens (tertiary/aromatic N) is 2. The summed E-state index contributed by atoms with van der Waals surface area (Å²) >= 11 is 1.58. The highest BCUT2D eigenvalue weighted by Crippen LogP contribution is 2.33. The minimum atomic E-state index is -0.335. The molecular formula is C23H29N3O4S. The topological polar surface area (TPSA) is 80.8 Å². The number of aromatic nitrogens is 1. The number of hydrogen-bond donors (Lipinski definition) is 1. The predicted molar refractivity (Wildman–Crippen MR) is 120 cm³/mol. The van der Waals surface area contributed by atoms with Crippen LogP contribution in [0.25, 0.3) is 0 Å². The Kier molecular flexibility index (Phi) is 6.46. The van der Waals surface area contributed by atoms with E-state index in [4.69, 9.17) is 9.47 Å². The molecule has 1 aliphatic carbocycles. The zero-order valence-electron chi connectivity index (χ0n) is 18.3. The minimum absolute atomic E-state index is 0.0212. The first-order chi connectivity index (χ1) is 15.0. The highest BCUT2D eigenvalue weighted by atomic mass is 32.1. The average molecular weight is 444 g/mol. The maximum atomic E-state index is 12.8. The van der Waals surface area contributed by atoms with Gasteiger partial charge >= 0.3 is 0 Å². The number of hydrogen-bond acceptors (Lipinski definition) is 6. The molecule has 7 nitrogen and oxygen atoms in total. The Hall–Kier alpha value is -2.61. The van der Waals surface area contributed by atoms with Gasteiger partial charge < -0.3 is 19.7 Å². The van der Waals surface area contributed by atoms with Crippen molar-refractivity contribution in [2.75, 3.05) is 32.6 Å². The van der Waals surface area contributed by atoms with Gasteiger partial charge in [-0.05, 0) is 49.3 Å². The van der Waals surface area contributed by atoms with Crippen molar-refractivity contribution in [3.63, 3.8) is 0 Å². The molecule has 2 heterocycles. The third kappa shape index (κ3) is 4.84. The van der Waals surface area contributed by atoms with Crippen molar-refractivity contribution in [2.24, 2.45) is 11.8 Å². The first-order valence-corrected chi connectivity index (χ1v) is 11.6. The van der Waals surface area contributed by atoms with E-state index in [2.05, 4.69) is 17.2 Å². The number of thiazole rings is 1. The Bertz CT molecular complexity index is 974. The number of amides is 2. The lowest BCUT2D eigenvalue weighted by Crippen LogP contribution is -2.30. The Morgan fingerprint density at radius 2 is 2.06 bits per heavy atom. The van der Waals surface area contributed by atoms with E-state index in [1.54, 1.807) is 30.5 Å². The second-order valence-electron chi connectivity index (χ2n) is 8.41. The van der Waals surface area contributed by atoms with Crippen molar-refractivity contribution >= 4 is 28.3 Å². The molecule has 1 aliphatic heterocycles. The number of likely N-dealkylation sites (tertiary alicyclic amines) is 1. The number of methoxy groups -OCH3 is 2. The van der Waals surface area contributed by atoms with Gasteiger partial charge in [0, 0.05) is 24.4 Å². The van der Waals surface area contributed by atoms with Crippen molar-refractivity contribution in [1.82, 2.24) is 9.88 Å². The molecule has 0 spiro atoms. The van der Waals surface area contributed by atoms with Gasteiger partial charge in [0.05, 0.1) is 25.8 Å². The predicted octanol–water partition coefficient (Wildman–Crippen LogP) is 3.31. The van der Waals surface area contributed by atoms with Gasteiger partial charge in [-0.2, -0.15) is 0 Å². The van der Waals surface area contributed by atoms with Gasteiger partial charge in [-0.15, -0.1) is 11.3 Å². The first kappa shape index (κ1) is 21.6. The number of fused-ring (bicyclic) bond motifs is 1. The zero-order chi connectivity index (χ0) is 22.0. The Morgan fingerprint density at radius 3 is 2.84 bits per heavy atom. The van der Waals surface area contributed by atoms with E-state index in [1.807, 2.05) is 18.2 Å². The summed E-state index contributed by atoms with van der Waals surface area (Å²) in [6, 6.07) is 5.76. The molecule has 2 atom stereocenters. The summed E-state index contributed by atoms with van der Waals surface area (Å²) in [5.74, 6) is 1.60. The molecule has 2 aliphatic rings.